The van der Waals surface area contributed by atoms with E-state index in [1.165, 1.54) is 38.6 Å². The van der Waals surface area contributed by atoms with E-state index in [2.05, 4.69) is 9.88 Å². The highest BCUT2D eigenvalue weighted by Gasteiger charge is 2.35. The van der Waals surface area contributed by atoms with Gasteiger partial charge in [-0.25, -0.2) is 0 Å². The molecule has 1 atom stereocenters. The van der Waals surface area contributed by atoms with Crippen molar-refractivity contribution < 1.29 is 14.9 Å². The molecule has 5 nitrogen and oxygen atoms in total. The van der Waals surface area contributed by atoms with Crippen LogP contribution in [0.4, 0.5) is 0 Å². The lowest BCUT2D eigenvalue weighted by Crippen LogP contribution is -2.42. The minimum atomic E-state index is -0.705. The molecule has 1 aliphatic carbocycles. The highest BCUT2D eigenvalue weighted by molar-refractivity contribution is 6.32. The average molecular weight is 461 g/mol. The Morgan fingerprint density at radius 2 is 2.00 bits per heavy atom. The van der Waals surface area contributed by atoms with Crippen molar-refractivity contribution in [2.45, 2.75) is 63.9 Å². The molecule has 176 valence electrons. The van der Waals surface area contributed by atoms with Crippen LogP contribution in [0.25, 0.3) is 10.9 Å². The van der Waals surface area contributed by atoms with Crippen LogP contribution >= 0.6 is 11.6 Å². The smallest absolute Gasteiger partial charge is 0.119 e. The highest BCUT2D eigenvalue weighted by Crippen LogP contribution is 2.40. The van der Waals surface area contributed by atoms with Gasteiger partial charge in [-0.05, 0) is 81.3 Å². The molecule has 2 N–H and O–H groups in total. The number of methoxy groups -OCH3 is 1. The summed E-state index contributed by atoms with van der Waals surface area (Å²) < 4.78 is 5.36. The molecule has 2 heterocycles. The first-order chi connectivity index (χ1) is 15.5. The Balaban J connectivity index is 1.37. The summed E-state index contributed by atoms with van der Waals surface area (Å²) >= 11 is 6.47. The number of halogens is 1. The standard InChI is InChI=1S/C26H37ClN2O3/c1-32-20-6-7-23-21(16-20)25(22(27)17-28-23)24(31)8-10-26(18-30)11-14-29(15-12-26)13-9-19-4-2-3-5-19/h6-7,16-17,19,24,30-31H,2-5,8-15,18H2,1H3/t24-/m1/s1. The topological polar surface area (TPSA) is 65.8 Å². The maximum Gasteiger partial charge on any atom is 0.119 e. The van der Waals surface area contributed by atoms with Crippen LogP contribution < -0.4 is 4.74 Å². The van der Waals surface area contributed by atoms with E-state index in [0.717, 1.165) is 49.2 Å². The van der Waals surface area contributed by atoms with E-state index in [1.807, 2.05) is 18.2 Å². The molecule has 1 saturated carbocycles. The van der Waals surface area contributed by atoms with Gasteiger partial charge in [0.05, 0.1) is 23.8 Å². The number of aliphatic hydroxyl groups excluding tert-OH is 2. The maximum absolute atomic E-state index is 11.1. The summed E-state index contributed by atoms with van der Waals surface area (Å²) in [6.45, 7) is 3.45. The number of rotatable bonds is 9. The SMILES string of the molecule is COc1ccc2ncc(Cl)c([C@H](O)CCC3(CO)CCN(CCC4CCCC4)CC3)c2c1. The van der Waals surface area contributed by atoms with Gasteiger partial charge in [0, 0.05) is 23.8 Å². The van der Waals surface area contributed by atoms with Gasteiger partial charge in [-0.1, -0.05) is 37.3 Å². The third-order valence-corrected chi connectivity index (χ3v) is 8.23. The number of benzene rings is 1. The average Bonchev–Trinajstić information content (AvgIpc) is 3.35. The van der Waals surface area contributed by atoms with Gasteiger partial charge in [0.1, 0.15) is 5.75 Å². The minimum absolute atomic E-state index is 0.113. The predicted molar refractivity (Wildman–Crippen MR) is 129 cm³/mol. The number of pyridine rings is 1. The highest BCUT2D eigenvalue weighted by atomic mass is 35.5. The van der Waals surface area contributed by atoms with Crippen LogP contribution in [-0.4, -0.2) is 53.4 Å². The monoisotopic (exact) mass is 460 g/mol. The Hall–Kier alpha value is -1.40. The van der Waals surface area contributed by atoms with Crippen molar-refractivity contribution in [2.75, 3.05) is 33.4 Å². The normalized spacial score (nSPS) is 20.6. The first kappa shape index (κ1) is 23.7. The molecule has 0 spiro atoms. The summed E-state index contributed by atoms with van der Waals surface area (Å²) in [4.78, 5) is 6.96. The zero-order valence-corrected chi connectivity index (χ0v) is 20.0. The summed E-state index contributed by atoms with van der Waals surface area (Å²) in [5.41, 5.74) is 1.38. The molecule has 1 aromatic heterocycles. The number of likely N-dealkylation sites (tertiary alicyclic amines) is 1. The van der Waals surface area contributed by atoms with Crippen molar-refractivity contribution in [3.8, 4) is 5.75 Å². The second-order valence-corrected chi connectivity index (χ2v) is 10.3. The molecule has 1 aliphatic heterocycles. The molecule has 2 aromatic rings. The lowest BCUT2D eigenvalue weighted by Gasteiger charge is -2.41. The second-order valence-electron chi connectivity index (χ2n) is 9.90. The fourth-order valence-electron chi connectivity index (χ4n) is 5.62. The number of hydrogen-bond acceptors (Lipinski definition) is 5. The van der Waals surface area contributed by atoms with E-state index in [-0.39, 0.29) is 12.0 Å². The second kappa shape index (κ2) is 10.7. The first-order valence-electron chi connectivity index (χ1n) is 12.2. The Morgan fingerprint density at radius 1 is 1.25 bits per heavy atom. The molecule has 0 radical (unpaired) electrons. The fourth-order valence-corrected chi connectivity index (χ4v) is 5.90. The fraction of sp³-hybridized carbons (Fsp3) is 0.654. The van der Waals surface area contributed by atoms with Gasteiger partial charge >= 0.3 is 0 Å². The first-order valence-corrected chi connectivity index (χ1v) is 12.5. The lowest BCUT2D eigenvalue weighted by molar-refractivity contribution is 0.0223. The van der Waals surface area contributed by atoms with Crippen LogP contribution in [0.5, 0.6) is 5.75 Å². The molecule has 2 fully saturated rings. The van der Waals surface area contributed by atoms with Gasteiger partial charge < -0.3 is 19.8 Å². The third kappa shape index (κ3) is 5.39. The summed E-state index contributed by atoms with van der Waals surface area (Å²) in [5, 5.41) is 22.7. The van der Waals surface area contributed by atoms with E-state index in [1.54, 1.807) is 13.3 Å². The van der Waals surface area contributed by atoms with Crippen molar-refractivity contribution in [3.63, 3.8) is 0 Å². The minimum Gasteiger partial charge on any atom is -0.497 e. The van der Waals surface area contributed by atoms with Crippen molar-refractivity contribution in [2.24, 2.45) is 11.3 Å². The molecule has 0 unspecified atom stereocenters. The summed E-state index contributed by atoms with van der Waals surface area (Å²) in [6, 6.07) is 5.63. The predicted octanol–water partition coefficient (Wildman–Crippen LogP) is 5.37. The van der Waals surface area contributed by atoms with E-state index >= 15 is 0 Å². The zero-order chi connectivity index (χ0) is 22.6. The molecule has 4 rings (SSSR count). The zero-order valence-electron chi connectivity index (χ0n) is 19.2. The molecule has 1 saturated heterocycles. The van der Waals surface area contributed by atoms with Gasteiger partial charge in [0.15, 0.2) is 0 Å². The molecular weight excluding hydrogens is 424 g/mol. The number of fused-ring (bicyclic) bond motifs is 1. The Bertz CT molecular complexity index is 892. The van der Waals surface area contributed by atoms with Gasteiger partial charge in [-0.2, -0.15) is 0 Å². The number of hydrogen-bond donors (Lipinski definition) is 2. The van der Waals surface area contributed by atoms with E-state index in [4.69, 9.17) is 16.3 Å². The molecule has 0 amide bonds. The molecule has 0 bridgehead atoms. The van der Waals surface area contributed by atoms with Crippen molar-refractivity contribution in [1.82, 2.24) is 9.88 Å². The number of ether oxygens (including phenoxy) is 1. The molecule has 32 heavy (non-hydrogen) atoms. The van der Waals surface area contributed by atoms with Crippen LogP contribution in [-0.2, 0) is 0 Å². The van der Waals surface area contributed by atoms with Crippen LogP contribution in [0.15, 0.2) is 24.4 Å². The maximum atomic E-state index is 11.1. The van der Waals surface area contributed by atoms with E-state index in [0.29, 0.717) is 22.8 Å². The number of nitrogens with zero attached hydrogens (tertiary/aromatic N) is 2. The van der Waals surface area contributed by atoms with Crippen molar-refractivity contribution in [3.05, 3.63) is 35.0 Å². The third-order valence-electron chi connectivity index (χ3n) is 7.93. The summed E-state index contributed by atoms with van der Waals surface area (Å²) in [6.07, 6.45) is 11.2. The van der Waals surface area contributed by atoms with Gasteiger partial charge in [-0.3, -0.25) is 4.98 Å². The van der Waals surface area contributed by atoms with Crippen LogP contribution in [0.2, 0.25) is 5.02 Å². The summed E-state index contributed by atoms with van der Waals surface area (Å²) in [5.74, 6) is 1.64. The van der Waals surface area contributed by atoms with Crippen molar-refractivity contribution >= 4 is 22.5 Å². The number of aromatic nitrogens is 1. The number of piperidine rings is 1. The van der Waals surface area contributed by atoms with Gasteiger partial charge in [0.2, 0.25) is 0 Å². The largest absolute Gasteiger partial charge is 0.497 e. The molecular formula is C26H37ClN2O3. The van der Waals surface area contributed by atoms with Crippen LogP contribution in [0, 0.1) is 11.3 Å². The van der Waals surface area contributed by atoms with Crippen molar-refractivity contribution in [1.29, 1.82) is 0 Å². The van der Waals surface area contributed by atoms with Gasteiger partial charge in [-0.15, -0.1) is 0 Å². The van der Waals surface area contributed by atoms with E-state index < -0.39 is 6.10 Å². The summed E-state index contributed by atoms with van der Waals surface area (Å²) in [7, 11) is 1.63. The lowest BCUT2D eigenvalue weighted by atomic mass is 9.74. The number of aliphatic hydroxyl groups is 2. The molecule has 1 aromatic carbocycles. The Kier molecular flexibility index (Phi) is 7.93. The Labute approximate surface area is 196 Å². The van der Waals surface area contributed by atoms with Crippen LogP contribution in [0.3, 0.4) is 0 Å². The molecule has 2 aliphatic rings. The quantitative estimate of drug-likeness (QED) is 0.527. The van der Waals surface area contributed by atoms with E-state index in [9.17, 15) is 10.2 Å². The van der Waals surface area contributed by atoms with Crippen LogP contribution in [0.1, 0.15) is 69.5 Å². The Morgan fingerprint density at radius 3 is 2.69 bits per heavy atom. The molecule has 6 heteroatoms. The van der Waals surface area contributed by atoms with Gasteiger partial charge in [0.25, 0.3) is 0 Å².